The molecule has 114 valence electrons. The largest absolute Gasteiger partial charge is 0.477 e. The maximum atomic E-state index is 12.1. The van der Waals surface area contributed by atoms with Crippen LogP contribution in [0.25, 0.3) is 0 Å². The van der Waals surface area contributed by atoms with Crippen LogP contribution in [0, 0.1) is 6.92 Å². The standard InChI is InChI=1S/C12H15N3O4S2/c1-8-7-10(20-11(8)12(16)17)21(18,19)14-4-3-9-13-5-6-15(9)2/h5-7,14H,3-4H2,1-2H3,(H,16,17). The maximum absolute atomic E-state index is 12.1. The molecule has 0 radical (unpaired) electrons. The number of carbonyl (C=O) groups is 1. The first-order valence-electron chi connectivity index (χ1n) is 6.11. The number of nitrogens with zero attached hydrogens (tertiary/aromatic N) is 2. The van der Waals surface area contributed by atoms with Crippen LogP contribution < -0.4 is 4.72 Å². The van der Waals surface area contributed by atoms with Crippen LogP contribution in [0.1, 0.15) is 21.1 Å². The third-order valence-electron chi connectivity index (χ3n) is 2.92. The fourth-order valence-corrected chi connectivity index (χ4v) is 4.26. The van der Waals surface area contributed by atoms with Gasteiger partial charge in [0.15, 0.2) is 0 Å². The highest BCUT2D eigenvalue weighted by Crippen LogP contribution is 2.25. The van der Waals surface area contributed by atoms with Crippen LogP contribution in [0.3, 0.4) is 0 Å². The molecule has 9 heteroatoms. The predicted molar refractivity (Wildman–Crippen MR) is 78.1 cm³/mol. The van der Waals surface area contributed by atoms with E-state index in [0.717, 1.165) is 17.2 Å². The van der Waals surface area contributed by atoms with Crippen molar-refractivity contribution in [3.05, 3.63) is 34.7 Å². The molecule has 2 aromatic rings. The van der Waals surface area contributed by atoms with Gasteiger partial charge in [-0.15, -0.1) is 11.3 Å². The van der Waals surface area contributed by atoms with Crippen LogP contribution in [0.5, 0.6) is 0 Å². The Bertz CT molecular complexity index is 761. The summed E-state index contributed by atoms with van der Waals surface area (Å²) in [6, 6.07) is 1.37. The third kappa shape index (κ3) is 3.49. The second-order valence-corrected chi connectivity index (χ2v) is 7.53. The van der Waals surface area contributed by atoms with E-state index in [4.69, 9.17) is 5.11 Å². The van der Waals surface area contributed by atoms with Crippen LogP contribution in [0.2, 0.25) is 0 Å². The molecule has 0 saturated heterocycles. The van der Waals surface area contributed by atoms with Gasteiger partial charge in [-0.1, -0.05) is 0 Å². The summed E-state index contributed by atoms with van der Waals surface area (Å²) in [7, 11) is -1.86. The maximum Gasteiger partial charge on any atom is 0.346 e. The Kier molecular flexibility index (Phi) is 4.45. The van der Waals surface area contributed by atoms with E-state index < -0.39 is 16.0 Å². The molecule has 2 heterocycles. The van der Waals surface area contributed by atoms with E-state index in [9.17, 15) is 13.2 Å². The number of aromatic carboxylic acids is 1. The normalized spacial score (nSPS) is 11.7. The summed E-state index contributed by atoms with van der Waals surface area (Å²) < 4.78 is 28.5. The van der Waals surface area contributed by atoms with Crippen molar-refractivity contribution in [1.29, 1.82) is 0 Å². The second-order valence-electron chi connectivity index (χ2n) is 4.48. The lowest BCUT2D eigenvalue weighted by atomic mass is 10.3. The molecular weight excluding hydrogens is 314 g/mol. The highest BCUT2D eigenvalue weighted by Gasteiger charge is 2.21. The minimum absolute atomic E-state index is 0.0113. The molecule has 2 N–H and O–H groups in total. The molecule has 0 unspecified atom stereocenters. The number of sulfonamides is 1. The summed E-state index contributed by atoms with van der Waals surface area (Å²) in [6.45, 7) is 1.78. The van der Waals surface area contributed by atoms with Gasteiger partial charge in [0.2, 0.25) is 10.0 Å². The molecule has 2 rings (SSSR count). The first-order valence-corrected chi connectivity index (χ1v) is 8.41. The van der Waals surface area contributed by atoms with E-state index >= 15 is 0 Å². The van der Waals surface area contributed by atoms with Gasteiger partial charge in [-0.05, 0) is 18.6 Å². The Labute approximate surface area is 126 Å². The second kappa shape index (κ2) is 5.96. The lowest BCUT2D eigenvalue weighted by molar-refractivity contribution is 0.0701. The Morgan fingerprint density at radius 3 is 2.76 bits per heavy atom. The zero-order valence-corrected chi connectivity index (χ0v) is 13.2. The summed E-state index contributed by atoms with van der Waals surface area (Å²) in [4.78, 5) is 15.1. The molecule has 7 nitrogen and oxygen atoms in total. The van der Waals surface area contributed by atoms with Crippen LogP contribution in [0.4, 0.5) is 0 Å². The van der Waals surface area contributed by atoms with Gasteiger partial charge in [0.1, 0.15) is 14.9 Å². The number of hydrogen-bond donors (Lipinski definition) is 2. The lowest BCUT2D eigenvalue weighted by Crippen LogP contribution is -2.26. The number of carboxylic acid groups (broad SMARTS) is 1. The Hall–Kier alpha value is -1.71. The molecule has 0 bridgehead atoms. The lowest BCUT2D eigenvalue weighted by Gasteiger charge is -2.04. The quantitative estimate of drug-likeness (QED) is 0.823. The molecule has 2 aromatic heterocycles. The first-order chi connectivity index (χ1) is 9.81. The molecule has 0 aromatic carbocycles. The van der Waals surface area contributed by atoms with Crippen LogP contribution in [-0.2, 0) is 23.5 Å². The fourth-order valence-electron chi connectivity index (χ4n) is 1.80. The molecule has 21 heavy (non-hydrogen) atoms. The fraction of sp³-hybridized carbons (Fsp3) is 0.333. The average molecular weight is 329 g/mol. The van der Waals surface area contributed by atoms with Gasteiger partial charge in [0.25, 0.3) is 0 Å². The number of thiophene rings is 1. The van der Waals surface area contributed by atoms with Crippen molar-refractivity contribution >= 4 is 27.3 Å². The van der Waals surface area contributed by atoms with E-state index in [0.29, 0.717) is 12.0 Å². The highest BCUT2D eigenvalue weighted by atomic mass is 32.2. The highest BCUT2D eigenvalue weighted by molar-refractivity contribution is 7.91. The number of aryl methyl sites for hydroxylation is 2. The number of nitrogens with one attached hydrogen (secondary N) is 1. The van der Waals surface area contributed by atoms with Gasteiger partial charge in [-0.3, -0.25) is 0 Å². The topological polar surface area (TPSA) is 101 Å². The van der Waals surface area contributed by atoms with Gasteiger partial charge in [0.05, 0.1) is 0 Å². The smallest absolute Gasteiger partial charge is 0.346 e. The summed E-state index contributed by atoms with van der Waals surface area (Å²) in [5, 5.41) is 8.96. The molecule has 0 atom stereocenters. The van der Waals surface area contributed by atoms with Crippen LogP contribution >= 0.6 is 11.3 Å². The van der Waals surface area contributed by atoms with Crippen molar-refractivity contribution in [2.45, 2.75) is 17.6 Å². The zero-order valence-electron chi connectivity index (χ0n) is 11.5. The van der Waals surface area contributed by atoms with Gasteiger partial charge in [0, 0.05) is 32.4 Å². The number of carboxylic acids is 1. The van der Waals surface area contributed by atoms with E-state index in [1.54, 1.807) is 19.3 Å². The van der Waals surface area contributed by atoms with Crippen LogP contribution in [0.15, 0.2) is 22.7 Å². The van der Waals surface area contributed by atoms with Crippen molar-refractivity contribution in [2.24, 2.45) is 7.05 Å². The SMILES string of the molecule is Cc1cc(S(=O)(=O)NCCc2nccn2C)sc1C(=O)O. The number of aromatic nitrogens is 2. The van der Waals surface area contributed by atoms with Gasteiger partial charge in [-0.25, -0.2) is 22.9 Å². The summed E-state index contributed by atoms with van der Waals surface area (Å²) in [5.41, 5.74) is 0.442. The molecule has 0 amide bonds. The minimum Gasteiger partial charge on any atom is -0.477 e. The van der Waals surface area contributed by atoms with Crippen molar-refractivity contribution in [3.8, 4) is 0 Å². The molecule has 0 saturated carbocycles. The number of rotatable bonds is 6. The monoisotopic (exact) mass is 329 g/mol. The van der Waals surface area contributed by atoms with Gasteiger partial charge in [-0.2, -0.15) is 0 Å². The Balaban J connectivity index is 2.07. The van der Waals surface area contributed by atoms with Crippen molar-refractivity contribution < 1.29 is 18.3 Å². The average Bonchev–Trinajstić information content (AvgIpc) is 2.96. The third-order valence-corrected chi connectivity index (χ3v) is 6.08. The molecule has 0 aliphatic rings. The van der Waals surface area contributed by atoms with Crippen molar-refractivity contribution in [1.82, 2.24) is 14.3 Å². The summed E-state index contributed by atoms with van der Waals surface area (Å²) >= 11 is 0.755. The predicted octanol–water partition coefficient (Wildman–Crippen LogP) is 1.01. The van der Waals surface area contributed by atoms with Crippen molar-refractivity contribution in [3.63, 3.8) is 0 Å². The van der Waals surface area contributed by atoms with Gasteiger partial charge >= 0.3 is 5.97 Å². The van der Waals surface area contributed by atoms with E-state index in [1.807, 2.05) is 11.6 Å². The van der Waals surface area contributed by atoms with E-state index in [-0.39, 0.29) is 15.6 Å². The summed E-state index contributed by atoms with van der Waals surface area (Å²) in [6.07, 6.45) is 3.88. The van der Waals surface area contributed by atoms with Crippen molar-refractivity contribution in [2.75, 3.05) is 6.54 Å². The van der Waals surface area contributed by atoms with E-state index in [2.05, 4.69) is 9.71 Å². The summed E-state index contributed by atoms with van der Waals surface area (Å²) in [5.74, 6) is -0.349. The number of hydrogen-bond acceptors (Lipinski definition) is 5. The number of imidazole rings is 1. The Morgan fingerprint density at radius 1 is 1.52 bits per heavy atom. The zero-order chi connectivity index (χ0) is 15.6. The van der Waals surface area contributed by atoms with Crippen LogP contribution in [-0.4, -0.2) is 35.6 Å². The van der Waals surface area contributed by atoms with Gasteiger partial charge < -0.3 is 9.67 Å². The minimum atomic E-state index is -3.69. The molecule has 0 aliphatic carbocycles. The first kappa shape index (κ1) is 15.7. The molecular formula is C12H15N3O4S2. The molecule has 0 spiro atoms. The van der Waals surface area contributed by atoms with E-state index in [1.165, 1.54) is 6.07 Å². The Morgan fingerprint density at radius 2 is 2.24 bits per heavy atom. The molecule has 0 fully saturated rings. The molecule has 0 aliphatic heterocycles.